The van der Waals surface area contributed by atoms with Gasteiger partial charge in [-0.05, 0) is 30.2 Å². The standard InChI is InChI=1S/C16H14N4O3/c21-15(12-9-20-7-1-5-18-16(20)19-12)17-6-4-11-2-3-13-14(8-11)23-10-22-13/h1-3,5,7-9H,4,6,10H2,(H,17,21). The van der Waals surface area contributed by atoms with Crippen molar-refractivity contribution in [1.29, 1.82) is 0 Å². The minimum atomic E-state index is -0.212. The van der Waals surface area contributed by atoms with Gasteiger partial charge in [-0.3, -0.25) is 9.20 Å². The van der Waals surface area contributed by atoms with E-state index < -0.39 is 0 Å². The molecule has 1 N–H and O–H groups in total. The van der Waals surface area contributed by atoms with Crippen LogP contribution >= 0.6 is 0 Å². The van der Waals surface area contributed by atoms with E-state index in [1.165, 1.54) is 0 Å². The predicted octanol–water partition coefficient (Wildman–Crippen LogP) is 1.43. The van der Waals surface area contributed by atoms with Gasteiger partial charge in [0.1, 0.15) is 5.69 Å². The Morgan fingerprint density at radius 1 is 1.30 bits per heavy atom. The van der Waals surface area contributed by atoms with Crippen molar-refractivity contribution in [3.05, 3.63) is 54.1 Å². The summed E-state index contributed by atoms with van der Waals surface area (Å²) in [7, 11) is 0. The molecule has 0 fully saturated rings. The van der Waals surface area contributed by atoms with Crippen LogP contribution in [0, 0.1) is 0 Å². The third-order valence-corrected chi connectivity index (χ3v) is 3.60. The van der Waals surface area contributed by atoms with Gasteiger partial charge < -0.3 is 14.8 Å². The first-order chi connectivity index (χ1) is 11.3. The molecule has 116 valence electrons. The monoisotopic (exact) mass is 310 g/mol. The summed E-state index contributed by atoms with van der Waals surface area (Å²) >= 11 is 0. The number of imidazole rings is 1. The number of rotatable bonds is 4. The Bertz CT molecular complexity index is 842. The average Bonchev–Trinajstić information content (AvgIpc) is 3.20. The summed E-state index contributed by atoms with van der Waals surface area (Å²) in [6, 6.07) is 7.57. The molecule has 7 heteroatoms. The summed E-state index contributed by atoms with van der Waals surface area (Å²) in [5.74, 6) is 1.81. The predicted molar refractivity (Wildman–Crippen MR) is 81.6 cm³/mol. The number of benzene rings is 1. The van der Waals surface area contributed by atoms with Crippen molar-refractivity contribution in [2.75, 3.05) is 13.3 Å². The number of aromatic nitrogens is 3. The Morgan fingerprint density at radius 3 is 3.13 bits per heavy atom. The molecule has 2 aromatic heterocycles. The quantitative estimate of drug-likeness (QED) is 0.789. The maximum absolute atomic E-state index is 12.1. The van der Waals surface area contributed by atoms with Gasteiger partial charge in [-0.25, -0.2) is 9.97 Å². The minimum Gasteiger partial charge on any atom is -0.454 e. The molecule has 0 saturated heterocycles. The third kappa shape index (κ3) is 2.68. The van der Waals surface area contributed by atoms with Gasteiger partial charge in [0.05, 0.1) is 0 Å². The summed E-state index contributed by atoms with van der Waals surface area (Å²) < 4.78 is 12.3. The Balaban J connectivity index is 1.38. The van der Waals surface area contributed by atoms with Crippen molar-refractivity contribution < 1.29 is 14.3 Å². The number of nitrogens with one attached hydrogen (secondary N) is 1. The SMILES string of the molecule is O=C(NCCc1ccc2c(c1)OCO2)c1cn2cccnc2n1. The molecule has 3 heterocycles. The molecule has 0 spiro atoms. The molecule has 0 bridgehead atoms. The Morgan fingerprint density at radius 2 is 2.22 bits per heavy atom. The number of carbonyl (C=O) groups excluding carboxylic acids is 1. The molecule has 0 saturated carbocycles. The molecule has 1 amide bonds. The smallest absolute Gasteiger partial charge is 0.271 e. The highest BCUT2D eigenvalue weighted by atomic mass is 16.7. The van der Waals surface area contributed by atoms with Gasteiger partial charge in [0, 0.05) is 25.1 Å². The van der Waals surface area contributed by atoms with Crippen molar-refractivity contribution in [3.8, 4) is 11.5 Å². The van der Waals surface area contributed by atoms with Crippen molar-refractivity contribution in [2.24, 2.45) is 0 Å². The summed E-state index contributed by atoms with van der Waals surface area (Å²) in [5.41, 5.74) is 1.43. The first-order valence-electron chi connectivity index (χ1n) is 7.26. The first-order valence-corrected chi connectivity index (χ1v) is 7.26. The fourth-order valence-electron chi connectivity index (χ4n) is 2.45. The van der Waals surface area contributed by atoms with Gasteiger partial charge in [-0.15, -0.1) is 0 Å². The zero-order chi connectivity index (χ0) is 15.6. The van der Waals surface area contributed by atoms with Crippen LogP contribution in [0.5, 0.6) is 11.5 Å². The van der Waals surface area contributed by atoms with Gasteiger partial charge in [0.2, 0.25) is 12.6 Å². The van der Waals surface area contributed by atoms with Crippen LogP contribution in [0.25, 0.3) is 5.78 Å². The summed E-state index contributed by atoms with van der Waals surface area (Å²) in [5, 5.41) is 2.86. The molecule has 1 aliphatic rings. The zero-order valence-corrected chi connectivity index (χ0v) is 12.2. The van der Waals surface area contributed by atoms with Crippen LogP contribution in [-0.4, -0.2) is 33.6 Å². The summed E-state index contributed by atoms with van der Waals surface area (Å²) in [6.45, 7) is 0.775. The topological polar surface area (TPSA) is 77.8 Å². The molecule has 1 aromatic carbocycles. The lowest BCUT2D eigenvalue weighted by Crippen LogP contribution is -2.25. The van der Waals surface area contributed by atoms with Gasteiger partial charge in [0.25, 0.3) is 5.91 Å². The zero-order valence-electron chi connectivity index (χ0n) is 12.2. The second-order valence-electron chi connectivity index (χ2n) is 5.15. The molecule has 7 nitrogen and oxygen atoms in total. The molecule has 0 unspecified atom stereocenters. The normalized spacial score (nSPS) is 12.5. The molecule has 3 aromatic rings. The van der Waals surface area contributed by atoms with Gasteiger partial charge in [0.15, 0.2) is 11.5 Å². The lowest BCUT2D eigenvalue weighted by atomic mass is 10.1. The number of hydrogen-bond donors (Lipinski definition) is 1. The van der Waals surface area contributed by atoms with E-state index in [2.05, 4.69) is 15.3 Å². The Hall–Kier alpha value is -3.09. The highest BCUT2D eigenvalue weighted by Gasteiger charge is 2.14. The highest BCUT2D eigenvalue weighted by Crippen LogP contribution is 2.32. The van der Waals surface area contributed by atoms with Gasteiger partial charge in [-0.1, -0.05) is 6.07 Å². The van der Waals surface area contributed by atoms with Crippen LogP contribution in [0.1, 0.15) is 16.1 Å². The van der Waals surface area contributed by atoms with Crippen molar-refractivity contribution in [3.63, 3.8) is 0 Å². The van der Waals surface area contributed by atoms with E-state index in [0.717, 1.165) is 17.1 Å². The minimum absolute atomic E-state index is 0.212. The van der Waals surface area contributed by atoms with Crippen molar-refractivity contribution >= 4 is 11.7 Å². The van der Waals surface area contributed by atoms with Crippen LogP contribution in [-0.2, 0) is 6.42 Å². The van der Waals surface area contributed by atoms with Crippen LogP contribution in [0.2, 0.25) is 0 Å². The van der Waals surface area contributed by atoms with E-state index >= 15 is 0 Å². The fourth-order valence-corrected chi connectivity index (χ4v) is 2.45. The van der Waals surface area contributed by atoms with E-state index in [4.69, 9.17) is 9.47 Å². The van der Waals surface area contributed by atoms with E-state index in [0.29, 0.717) is 24.4 Å². The largest absolute Gasteiger partial charge is 0.454 e. The number of fused-ring (bicyclic) bond motifs is 2. The average molecular weight is 310 g/mol. The number of amides is 1. The molecule has 0 aliphatic carbocycles. The van der Waals surface area contributed by atoms with Crippen molar-refractivity contribution in [2.45, 2.75) is 6.42 Å². The Labute approximate surface area is 131 Å². The van der Waals surface area contributed by atoms with E-state index in [9.17, 15) is 4.79 Å². The maximum Gasteiger partial charge on any atom is 0.271 e. The second-order valence-corrected chi connectivity index (χ2v) is 5.15. The lowest BCUT2D eigenvalue weighted by Gasteiger charge is -2.04. The molecular formula is C16H14N4O3. The van der Waals surface area contributed by atoms with Crippen LogP contribution < -0.4 is 14.8 Å². The number of carbonyl (C=O) groups is 1. The lowest BCUT2D eigenvalue weighted by molar-refractivity contribution is 0.0949. The molecule has 1 aliphatic heterocycles. The number of nitrogens with zero attached hydrogens (tertiary/aromatic N) is 3. The Kier molecular flexibility index (Phi) is 3.30. The maximum atomic E-state index is 12.1. The molecule has 0 radical (unpaired) electrons. The van der Waals surface area contributed by atoms with E-state index in [1.54, 1.807) is 29.1 Å². The van der Waals surface area contributed by atoms with Crippen LogP contribution in [0.15, 0.2) is 42.9 Å². The molecule has 0 atom stereocenters. The molecule has 23 heavy (non-hydrogen) atoms. The highest BCUT2D eigenvalue weighted by molar-refractivity contribution is 5.92. The van der Waals surface area contributed by atoms with Gasteiger partial charge >= 0.3 is 0 Å². The van der Waals surface area contributed by atoms with Gasteiger partial charge in [-0.2, -0.15) is 0 Å². The third-order valence-electron chi connectivity index (χ3n) is 3.60. The number of hydrogen-bond acceptors (Lipinski definition) is 5. The van der Waals surface area contributed by atoms with E-state index in [1.807, 2.05) is 18.2 Å². The number of ether oxygens (including phenoxy) is 2. The first kappa shape index (κ1) is 13.6. The second kappa shape index (κ2) is 5.60. The summed E-state index contributed by atoms with van der Waals surface area (Å²) in [6.07, 6.45) is 5.81. The molecule has 4 rings (SSSR count). The summed E-state index contributed by atoms with van der Waals surface area (Å²) in [4.78, 5) is 20.4. The van der Waals surface area contributed by atoms with Crippen LogP contribution in [0.3, 0.4) is 0 Å². The fraction of sp³-hybridized carbons (Fsp3) is 0.188. The van der Waals surface area contributed by atoms with Crippen molar-refractivity contribution in [1.82, 2.24) is 19.7 Å². The van der Waals surface area contributed by atoms with E-state index in [-0.39, 0.29) is 12.7 Å². The molecular weight excluding hydrogens is 296 g/mol. The van der Waals surface area contributed by atoms with Crippen LogP contribution in [0.4, 0.5) is 0 Å².